The summed E-state index contributed by atoms with van der Waals surface area (Å²) in [4.78, 5) is 4.05. The third-order valence-electron chi connectivity index (χ3n) is 1.47. The maximum Gasteiger partial charge on any atom is 0.123 e. The molecule has 0 amide bonds. The van der Waals surface area contributed by atoms with Crippen LogP contribution in [0.2, 0.25) is 0 Å². The number of nitrogens with two attached hydrogens (primary N) is 2. The Labute approximate surface area is 66.4 Å². The summed E-state index contributed by atoms with van der Waals surface area (Å²) in [5, 5.41) is 0. The molecule has 0 fully saturated rings. The second-order valence-corrected chi connectivity index (χ2v) is 2.58. The molecule has 1 aromatic rings. The van der Waals surface area contributed by atoms with Crippen molar-refractivity contribution < 1.29 is 0 Å². The summed E-state index contributed by atoms with van der Waals surface area (Å²) >= 11 is 0. The Morgan fingerprint density at radius 3 is 2.73 bits per heavy atom. The first kappa shape index (κ1) is 8.01. The van der Waals surface area contributed by atoms with Gasteiger partial charge in [0, 0.05) is 5.69 Å². The highest BCUT2D eigenvalue weighted by Gasteiger charge is 1.95. The van der Waals surface area contributed by atoms with Crippen molar-refractivity contribution >= 4 is 5.82 Å². The summed E-state index contributed by atoms with van der Waals surface area (Å²) < 4.78 is 0. The topological polar surface area (TPSA) is 64.9 Å². The number of nitrogens with zero attached hydrogens (tertiary/aromatic N) is 1. The number of hydrogen-bond donors (Lipinski definition) is 2. The second-order valence-electron chi connectivity index (χ2n) is 2.58. The molecule has 0 saturated heterocycles. The standard InChI is InChI=1S/C8H13N3/c1-6-4-7(2-3-9)5-8(10)11-6/h4-5H,2-3,9H2,1H3,(H2,10,11). The summed E-state index contributed by atoms with van der Waals surface area (Å²) in [6.07, 6.45) is 0.869. The molecule has 0 unspecified atom stereocenters. The zero-order chi connectivity index (χ0) is 8.27. The Hall–Kier alpha value is -1.09. The molecule has 3 nitrogen and oxygen atoms in total. The van der Waals surface area contributed by atoms with Gasteiger partial charge in [0.25, 0.3) is 0 Å². The van der Waals surface area contributed by atoms with Crippen molar-refractivity contribution in [3.8, 4) is 0 Å². The zero-order valence-electron chi connectivity index (χ0n) is 6.67. The molecule has 0 aliphatic rings. The number of aryl methyl sites for hydroxylation is 1. The van der Waals surface area contributed by atoms with Crippen LogP contribution >= 0.6 is 0 Å². The molecular formula is C8H13N3. The fourth-order valence-electron chi connectivity index (χ4n) is 1.08. The van der Waals surface area contributed by atoms with E-state index in [-0.39, 0.29) is 0 Å². The van der Waals surface area contributed by atoms with Crippen LogP contribution in [-0.2, 0) is 6.42 Å². The lowest BCUT2D eigenvalue weighted by molar-refractivity contribution is 0.960. The molecule has 0 saturated carbocycles. The third kappa shape index (κ3) is 2.20. The molecule has 3 heteroatoms. The van der Waals surface area contributed by atoms with Crippen LogP contribution in [0.5, 0.6) is 0 Å². The van der Waals surface area contributed by atoms with Crippen LogP contribution in [0.25, 0.3) is 0 Å². The molecule has 4 N–H and O–H groups in total. The molecule has 0 atom stereocenters. The molecule has 0 radical (unpaired) electrons. The number of anilines is 1. The van der Waals surface area contributed by atoms with Gasteiger partial charge in [0.2, 0.25) is 0 Å². The van der Waals surface area contributed by atoms with Crippen LogP contribution < -0.4 is 11.5 Å². The van der Waals surface area contributed by atoms with Gasteiger partial charge in [-0.2, -0.15) is 0 Å². The Morgan fingerprint density at radius 2 is 2.18 bits per heavy atom. The molecule has 0 aliphatic heterocycles. The smallest absolute Gasteiger partial charge is 0.123 e. The van der Waals surface area contributed by atoms with E-state index in [4.69, 9.17) is 11.5 Å². The number of hydrogen-bond acceptors (Lipinski definition) is 3. The quantitative estimate of drug-likeness (QED) is 0.646. The van der Waals surface area contributed by atoms with Crippen LogP contribution in [-0.4, -0.2) is 11.5 Å². The van der Waals surface area contributed by atoms with Crippen LogP contribution in [0.3, 0.4) is 0 Å². The highest BCUT2D eigenvalue weighted by Crippen LogP contribution is 2.06. The van der Waals surface area contributed by atoms with Crippen molar-refractivity contribution in [2.45, 2.75) is 13.3 Å². The Bertz CT molecular complexity index is 225. The van der Waals surface area contributed by atoms with E-state index < -0.39 is 0 Å². The van der Waals surface area contributed by atoms with Gasteiger partial charge in [0.15, 0.2) is 0 Å². The highest BCUT2D eigenvalue weighted by atomic mass is 14.8. The minimum atomic E-state index is 0.577. The van der Waals surface area contributed by atoms with E-state index in [2.05, 4.69) is 4.98 Å². The van der Waals surface area contributed by atoms with Crippen LogP contribution in [0.15, 0.2) is 12.1 Å². The van der Waals surface area contributed by atoms with E-state index in [0.29, 0.717) is 12.4 Å². The van der Waals surface area contributed by atoms with E-state index in [1.807, 2.05) is 19.1 Å². The van der Waals surface area contributed by atoms with Crippen LogP contribution in [0.4, 0.5) is 5.82 Å². The van der Waals surface area contributed by atoms with E-state index in [1.54, 1.807) is 0 Å². The van der Waals surface area contributed by atoms with Gasteiger partial charge in [-0.15, -0.1) is 0 Å². The highest BCUT2D eigenvalue weighted by molar-refractivity contribution is 5.34. The van der Waals surface area contributed by atoms with E-state index >= 15 is 0 Å². The Balaban J connectivity index is 2.89. The van der Waals surface area contributed by atoms with Crippen molar-refractivity contribution in [1.29, 1.82) is 0 Å². The van der Waals surface area contributed by atoms with Crippen molar-refractivity contribution in [3.05, 3.63) is 23.4 Å². The lowest BCUT2D eigenvalue weighted by Gasteiger charge is -2.01. The lowest BCUT2D eigenvalue weighted by atomic mass is 10.1. The number of nitrogen functional groups attached to an aromatic ring is 1. The molecule has 1 aromatic heterocycles. The van der Waals surface area contributed by atoms with Crippen LogP contribution in [0.1, 0.15) is 11.3 Å². The first-order chi connectivity index (χ1) is 5.22. The van der Waals surface area contributed by atoms with Gasteiger partial charge in [-0.3, -0.25) is 0 Å². The van der Waals surface area contributed by atoms with Gasteiger partial charge in [-0.05, 0) is 37.6 Å². The van der Waals surface area contributed by atoms with Gasteiger partial charge < -0.3 is 11.5 Å². The zero-order valence-corrected chi connectivity index (χ0v) is 6.67. The molecule has 0 bridgehead atoms. The van der Waals surface area contributed by atoms with Crippen molar-refractivity contribution in [1.82, 2.24) is 4.98 Å². The number of pyridine rings is 1. The van der Waals surface area contributed by atoms with Gasteiger partial charge in [-0.1, -0.05) is 0 Å². The first-order valence-corrected chi connectivity index (χ1v) is 3.65. The predicted molar refractivity (Wildman–Crippen MR) is 46.1 cm³/mol. The van der Waals surface area contributed by atoms with Crippen molar-refractivity contribution in [3.63, 3.8) is 0 Å². The fourth-order valence-corrected chi connectivity index (χ4v) is 1.08. The fraction of sp³-hybridized carbons (Fsp3) is 0.375. The van der Waals surface area contributed by atoms with Gasteiger partial charge in [-0.25, -0.2) is 4.98 Å². The molecular weight excluding hydrogens is 138 g/mol. The summed E-state index contributed by atoms with van der Waals surface area (Å²) in [7, 11) is 0. The van der Waals surface area contributed by atoms with Crippen molar-refractivity contribution in [2.75, 3.05) is 12.3 Å². The van der Waals surface area contributed by atoms with E-state index in [0.717, 1.165) is 17.7 Å². The minimum Gasteiger partial charge on any atom is -0.384 e. The Kier molecular flexibility index (Phi) is 2.44. The largest absolute Gasteiger partial charge is 0.384 e. The SMILES string of the molecule is Cc1cc(CCN)cc(N)n1. The molecule has 1 heterocycles. The Morgan fingerprint density at radius 1 is 1.45 bits per heavy atom. The lowest BCUT2D eigenvalue weighted by Crippen LogP contribution is -2.04. The minimum absolute atomic E-state index is 0.577. The maximum absolute atomic E-state index is 5.54. The molecule has 0 aromatic carbocycles. The van der Waals surface area contributed by atoms with Crippen molar-refractivity contribution in [2.24, 2.45) is 5.73 Å². The monoisotopic (exact) mass is 151 g/mol. The molecule has 0 aliphatic carbocycles. The summed E-state index contributed by atoms with van der Waals surface area (Å²) in [6.45, 7) is 2.58. The van der Waals surface area contributed by atoms with Gasteiger partial charge in [0.1, 0.15) is 5.82 Å². The maximum atomic E-state index is 5.54. The second kappa shape index (κ2) is 3.34. The summed E-state index contributed by atoms with van der Waals surface area (Å²) in [6, 6.07) is 3.86. The van der Waals surface area contributed by atoms with Crippen LogP contribution in [0, 0.1) is 6.92 Å². The molecule has 11 heavy (non-hydrogen) atoms. The molecule has 0 spiro atoms. The summed E-state index contributed by atoms with van der Waals surface area (Å²) in [5.41, 5.74) is 13.1. The van der Waals surface area contributed by atoms with E-state index in [1.165, 1.54) is 0 Å². The third-order valence-corrected chi connectivity index (χ3v) is 1.47. The average Bonchev–Trinajstić information content (AvgIpc) is 1.85. The number of rotatable bonds is 2. The van der Waals surface area contributed by atoms with Gasteiger partial charge in [0.05, 0.1) is 0 Å². The predicted octanol–water partition coefficient (Wildman–Crippen LogP) is 0.473. The molecule has 1 rings (SSSR count). The van der Waals surface area contributed by atoms with Gasteiger partial charge >= 0.3 is 0 Å². The first-order valence-electron chi connectivity index (χ1n) is 3.65. The average molecular weight is 151 g/mol. The summed E-state index contributed by atoms with van der Waals surface area (Å²) in [5.74, 6) is 0.577. The normalized spacial score (nSPS) is 10.0. The molecule has 60 valence electrons. The van der Waals surface area contributed by atoms with E-state index in [9.17, 15) is 0 Å². The number of aromatic nitrogens is 1.